The molecule has 3 N–H and O–H groups in total. The van der Waals surface area contributed by atoms with Gasteiger partial charge in [0.1, 0.15) is 0 Å². The van der Waals surface area contributed by atoms with Crippen molar-refractivity contribution < 1.29 is 24.5 Å². The van der Waals surface area contributed by atoms with E-state index in [0.717, 1.165) is 64.2 Å². The van der Waals surface area contributed by atoms with Crippen molar-refractivity contribution in [2.75, 3.05) is 13.2 Å². The van der Waals surface area contributed by atoms with Gasteiger partial charge in [0.15, 0.2) is 0 Å². The van der Waals surface area contributed by atoms with E-state index in [1.54, 1.807) is 6.08 Å². The van der Waals surface area contributed by atoms with Crippen LogP contribution >= 0.6 is 0 Å². The molecule has 0 aliphatic carbocycles. The maximum Gasteiger partial charge on any atom is 0.305 e. The fourth-order valence-electron chi connectivity index (χ4n) is 7.57. The Balaban J connectivity index is 3.51. The van der Waals surface area contributed by atoms with Crippen LogP contribution in [0.15, 0.2) is 24.3 Å². The SMILES string of the molecule is CCCCCCCCCCCCC/C=C/C(O)C(CO)NC(=O)CCCCCCC/C=C\CCCCCCCCCOC(=O)CCCCCCCCCCCCC. The number of hydrogen-bond acceptors (Lipinski definition) is 5. The molecule has 0 aliphatic heterocycles. The number of ether oxygens (including phenoxy) is 1. The summed E-state index contributed by atoms with van der Waals surface area (Å²) in [6.45, 7) is 4.86. The van der Waals surface area contributed by atoms with Crippen LogP contribution in [0.4, 0.5) is 0 Å². The Morgan fingerprint density at radius 3 is 1.25 bits per heavy atom. The molecule has 6 heteroatoms. The van der Waals surface area contributed by atoms with E-state index in [1.165, 1.54) is 173 Å². The molecule has 0 saturated carbocycles. The van der Waals surface area contributed by atoms with Crippen LogP contribution in [0.5, 0.6) is 0 Å². The van der Waals surface area contributed by atoms with Crippen molar-refractivity contribution in [3.05, 3.63) is 24.3 Å². The molecule has 2 unspecified atom stereocenters. The van der Waals surface area contributed by atoms with E-state index >= 15 is 0 Å². The molecule has 0 aromatic carbocycles. The van der Waals surface area contributed by atoms with E-state index < -0.39 is 12.1 Å². The second-order valence-corrected chi connectivity index (χ2v) is 17.1. The van der Waals surface area contributed by atoms with Gasteiger partial charge in [-0.05, 0) is 57.8 Å². The summed E-state index contributed by atoms with van der Waals surface area (Å²) >= 11 is 0. The molecular weight excluding hydrogens is 707 g/mol. The highest BCUT2D eigenvalue weighted by Gasteiger charge is 2.18. The van der Waals surface area contributed by atoms with Crippen molar-refractivity contribution in [1.82, 2.24) is 5.32 Å². The first-order chi connectivity index (χ1) is 28.0. The summed E-state index contributed by atoms with van der Waals surface area (Å²) in [4.78, 5) is 24.4. The lowest BCUT2D eigenvalue weighted by molar-refractivity contribution is -0.143. The summed E-state index contributed by atoms with van der Waals surface area (Å²) in [5.41, 5.74) is 0. The molecule has 0 aromatic rings. The van der Waals surface area contributed by atoms with Crippen LogP contribution in [0.3, 0.4) is 0 Å². The summed E-state index contributed by atoms with van der Waals surface area (Å²) in [5, 5.41) is 23.0. The number of aliphatic hydroxyl groups excluding tert-OH is 2. The van der Waals surface area contributed by atoms with E-state index in [9.17, 15) is 19.8 Å². The molecule has 0 rings (SSSR count). The third kappa shape index (κ3) is 43.7. The Kier molecular flexibility index (Phi) is 45.7. The zero-order chi connectivity index (χ0) is 41.5. The van der Waals surface area contributed by atoms with Crippen LogP contribution in [0.1, 0.15) is 264 Å². The van der Waals surface area contributed by atoms with Crippen molar-refractivity contribution >= 4 is 11.9 Å². The van der Waals surface area contributed by atoms with Crippen LogP contribution in [-0.4, -0.2) is 47.4 Å². The smallest absolute Gasteiger partial charge is 0.305 e. The highest BCUT2D eigenvalue weighted by Crippen LogP contribution is 2.15. The average molecular weight is 804 g/mol. The monoisotopic (exact) mass is 804 g/mol. The van der Waals surface area contributed by atoms with Crippen LogP contribution in [-0.2, 0) is 14.3 Å². The van der Waals surface area contributed by atoms with Gasteiger partial charge in [-0.25, -0.2) is 0 Å². The van der Waals surface area contributed by atoms with Crippen molar-refractivity contribution in [3.8, 4) is 0 Å². The molecular formula is C51H97NO5. The third-order valence-electron chi connectivity index (χ3n) is 11.5. The second kappa shape index (κ2) is 47.0. The fraction of sp³-hybridized carbons (Fsp3) is 0.882. The first-order valence-corrected chi connectivity index (χ1v) is 25.1. The highest BCUT2D eigenvalue weighted by atomic mass is 16.5. The number of nitrogens with one attached hydrogen (secondary N) is 1. The Labute approximate surface area is 354 Å². The predicted molar refractivity (Wildman–Crippen MR) is 246 cm³/mol. The van der Waals surface area contributed by atoms with E-state index in [-0.39, 0.29) is 18.5 Å². The van der Waals surface area contributed by atoms with Gasteiger partial charge in [0.2, 0.25) is 5.91 Å². The lowest BCUT2D eigenvalue weighted by atomic mass is 10.0. The molecule has 0 spiro atoms. The van der Waals surface area contributed by atoms with Crippen LogP contribution in [0.2, 0.25) is 0 Å². The van der Waals surface area contributed by atoms with E-state index in [4.69, 9.17) is 4.74 Å². The molecule has 0 bridgehead atoms. The van der Waals surface area contributed by atoms with Crippen LogP contribution in [0, 0.1) is 0 Å². The number of hydrogen-bond donors (Lipinski definition) is 3. The first-order valence-electron chi connectivity index (χ1n) is 25.1. The van der Waals surface area contributed by atoms with Crippen molar-refractivity contribution in [3.63, 3.8) is 0 Å². The lowest BCUT2D eigenvalue weighted by Crippen LogP contribution is -2.45. The van der Waals surface area contributed by atoms with Gasteiger partial charge in [-0.1, -0.05) is 218 Å². The number of carbonyl (C=O) groups is 2. The van der Waals surface area contributed by atoms with E-state index in [2.05, 4.69) is 31.3 Å². The molecule has 0 aliphatic rings. The number of unbranched alkanes of at least 4 members (excludes halogenated alkanes) is 33. The van der Waals surface area contributed by atoms with Crippen LogP contribution in [0.25, 0.3) is 0 Å². The van der Waals surface area contributed by atoms with Crippen molar-refractivity contribution in [2.45, 2.75) is 276 Å². The highest BCUT2D eigenvalue weighted by molar-refractivity contribution is 5.76. The molecule has 0 fully saturated rings. The molecule has 2 atom stereocenters. The number of esters is 1. The van der Waals surface area contributed by atoms with Gasteiger partial charge in [-0.15, -0.1) is 0 Å². The second-order valence-electron chi connectivity index (χ2n) is 17.1. The topological polar surface area (TPSA) is 95.9 Å². The van der Waals surface area contributed by atoms with E-state index in [1.807, 2.05) is 6.08 Å². The molecule has 1 amide bonds. The number of carbonyl (C=O) groups excluding carboxylic acids is 2. The zero-order valence-corrected chi connectivity index (χ0v) is 38.1. The third-order valence-corrected chi connectivity index (χ3v) is 11.5. The summed E-state index contributed by atoms with van der Waals surface area (Å²) in [5.74, 6) is -0.0903. The predicted octanol–water partition coefficient (Wildman–Crippen LogP) is 14.7. The fourth-order valence-corrected chi connectivity index (χ4v) is 7.57. The van der Waals surface area contributed by atoms with E-state index in [0.29, 0.717) is 19.4 Å². The van der Waals surface area contributed by atoms with Crippen molar-refractivity contribution in [1.29, 1.82) is 0 Å². The first kappa shape index (κ1) is 55.3. The van der Waals surface area contributed by atoms with Gasteiger partial charge in [-0.2, -0.15) is 0 Å². The van der Waals surface area contributed by atoms with Gasteiger partial charge >= 0.3 is 5.97 Å². The molecule has 57 heavy (non-hydrogen) atoms. The molecule has 336 valence electrons. The molecule has 6 nitrogen and oxygen atoms in total. The zero-order valence-electron chi connectivity index (χ0n) is 38.1. The minimum Gasteiger partial charge on any atom is -0.466 e. The summed E-state index contributed by atoms with van der Waals surface area (Å²) < 4.78 is 5.44. The van der Waals surface area contributed by atoms with Gasteiger partial charge < -0.3 is 20.3 Å². The average Bonchev–Trinajstić information content (AvgIpc) is 3.21. The summed E-state index contributed by atoms with van der Waals surface area (Å²) in [6, 6.07) is -0.638. The molecule has 0 heterocycles. The summed E-state index contributed by atoms with van der Waals surface area (Å²) in [7, 11) is 0. The number of rotatable bonds is 46. The number of amides is 1. The van der Waals surface area contributed by atoms with Gasteiger partial charge in [0.25, 0.3) is 0 Å². The van der Waals surface area contributed by atoms with Crippen LogP contribution < -0.4 is 5.32 Å². The Morgan fingerprint density at radius 2 is 0.825 bits per heavy atom. The Morgan fingerprint density at radius 1 is 0.474 bits per heavy atom. The Hall–Kier alpha value is -1.66. The summed E-state index contributed by atoms with van der Waals surface area (Å²) in [6.07, 6.45) is 54.6. The largest absolute Gasteiger partial charge is 0.466 e. The normalized spacial score (nSPS) is 12.8. The Bertz CT molecular complexity index is 889. The van der Waals surface area contributed by atoms with Gasteiger partial charge in [-0.3, -0.25) is 9.59 Å². The van der Waals surface area contributed by atoms with Gasteiger partial charge in [0, 0.05) is 12.8 Å². The molecule has 0 saturated heterocycles. The number of aliphatic hydroxyl groups is 2. The minimum absolute atomic E-state index is 0.00468. The van der Waals surface area contributed by atoms with Gasteiger partial charge in [0.05, 0.1) is 25.4 Å². The molecule has 0 aromatic heterocycles. The molecule has 0 radical (unpaired) electrons. The maximum absolute atomic E-state index is 12.4. The quantitative estimate of drug-likeness (QED) is 0.0324. The number of allylic oxidation sites excluding steroid dienone is 3. The lowest BCUT2D eigenvalue weighted by Gasteiger charge is -2.20. The maximum atomic E-state index is 12.4. The van der Waals surface area contributed by atoms with Crippen molar-refractivity contribution in [2.24, 2.45) is 0 Å². The minimum atomic E-state index is -0.853. The standard InChI is InChI=1S/C51H97NO5/c1-3-5-7-9-11-13-15-20-24-27-31-35-39-43-49(54)48(47-53)52-50(55)44-40-36-32-28-25-21-18-16-17-19-22-26-30-34-38-42-46-57-51(56)45-41-37-33-29-23-14-12-10-8-6-4-2/h16,18,39,43,48-49,53-54H,3-15,17,19-38,40-42,44-47H2,1-2H3,(H,52,55)/b18-16-,43-39+.